The van der Waals surface area contributed by atoms with E-state index in [1.54, 1.807) is 4.68 Å². The zero-order valence-electron chi connectivity index (χ0n) is 9.24. The summed E-state index contributed by atoms with van der Waals surface area (Å²) in [5.74, 6) is 0.651. The summed E-state index contributed by atoms with van der Waals surface area (Å²) in [6.07, 6.45) is 1.85. The molecule has 4 nitrogen and oxygen atoms in total. The third-order valence-corrected chi connectivity index (χ3v) is 3.38. The fraction of sp³-hybridized carbons (Fsp3) is 0.273. The number of rotatable bonds is 2. The molecule has 2 rings (SSSR count). The van der Waals surface area contributed by atoms with Crippen LogP contribution in [0.15, 0.2) is 22.8 Å². The number of aryl methyl sites for hydroxylation is 2. The van der Waals surface area contributed by atoms with Crippen molar-refractivity contribution in [3.05, 3.63) is 39.8 Å². The first-order valence-electron chi connectivity index (χ1n) is 4.98. The van der Waals surface area contributed by atoms with Gasteiger partial charge in [0.05, 0.1) is 16.7 Å². The van der Waals surface area contributed by atoms with Crippen LogP contribution in [0.4, 0.5) is 5.82 Å². The van der Waals surface area contributed by atoms with Gasteiger partial charge in [-0.3, -0.25) is 4.98 Å². The van der Waals surface area contributed by atoms with Crippen molar-refractivity contribution in [2.75, 3.05) is 5.73 Å². The molecule has 0 aromatic carbocycles. The third-order valence-electron chi connectivity index (χ3n) is 2.40. The lowest BCUT2D eigenvalue weighted by atomic mass is 10.2. The van der Waals surface area contributed by atoms with E-state index in [2.05, 4.69) is 26.0 Å². The lowest BCUT2D eigenvalue weighted by Gasteiger charge is -2.04. The minimum absolute atomic E-state index is 0.644. The molecule has 0 bridgehead atoms. The quantitative estimate of drug-likeness (QED) is 0.918. The lowest BCUT2D eigenvalue weighted by Crippen LogP contribution is -2.06. The topological polar surface area (TPSA) is 56.7 Å². The first-order chi connectivity index (χ1) is 7.58. The Morgan fingerprint density at radius 2 is 2.12 bits per heavy atom. The molecule has 2 N–H and O–H groups in total. The number of nitrogens with two attached hydrogens (primary N) is 1. The van der Waals surface area contributed by atoms with Crippen LogP contribution in [-0.2, 0) is 6.54 Å². The van der Waals surface area contributed by atoms with Crippen LogP contribution in [-0.4, -0.2) is 14.8 Å². The van der Waals surface area contributed by atoms with Crippen LogP contribution >= 0.6 is 15.9 Å². The maximum Gasteiger partial charge on any atom is 0.136 e. The van der Waals surface area contributed by atoms with Crippen molar-refractivity contribution in [3.63, 3.8) is 0 Å². The van der Waals surface area contributed by atoms with E-state index in [9.17, 15) is 0 Å². The molecule has 2 heterocycles. The van der Waals surface area contributed by atoms with Crippen LogP contribution in [0.3, 0.4) is 0 Å². The maximum atomic E-state index is 5.91. The molecule has 2 aromatic rings. The summed E-state index contributed by atoms with van der Waals surface area (Å²) < 4.78 is 2.64. The summed E-state index contributed by atoms with van der Waals surface area (Å²) in [5, 5.41) is 4.34. The SMILES string of the molecule is Cc1ccc(Cn2nc(C)c(Br)c2N)cn1. The van der Waals surface area contributed by atoms with Gasteiger partial charge in [-0.2, -0.15) is 5.10 Å². The zero-order valence-corrected chi connectivity index (χ0v) is 10.8. The normalized spacial score (nSPS) is 10.7. The molecule has 16 heavy (non-hydrogen) atoms. The van der Waals surface area contributed by atoms with E-state index in [1.165, 1.54) is 0 Å². The predicted octanol–water partition coefficient (Wildman–Crippen LogP) is 2.29. The molecular formula is C11H13BrN4. The highest BCUT2D eigenvalue weighted by Crippen LogP contribution is 2.23. The number of aromatic nitrogens is 3. The standard InChI is InChI=1S/C11H13BrN4/c1-7-3-4-9(5-14-7)6-16-11(13)10(12)8(2)15-16/h3-5H,6,13H2,1-2H3. The number of anilines is 1. The third kappa shape index (κ3) is 2.09. The monoisotopic (exact) mass is 280 g/mol. The fourth-order valence-electron chi connectivity index (χ4n) is 1.46. The maximum absolute atomic E-state index is 5.91. The molecule has 5 heteroatoms. The van der Waals surface area contributed by atoms with E-state index in [1.807, 2.05) is 32.2 Å². The van der Waals surface area contributed by atoms with Gasteiger partial charge < -0.3 is 5.73 Å². The van der Waals surface area contributed by atoms with Crippen molar-refractivity contribution in [3.8, 4) is 0 Å². The Morgan fingerprint density at radius 3 is 2.62 bits per heavy atom. The number of hydrogen-bond acceptors (Lipinski definition) is 3. The summed E-state index contributed by atoms with van der Waals surface area (Å²) in [5.41, 5.74) is 8.91. The van der Waals surface area contributed by atoms with Gasteiger partial charge in [0.2, 0.25) is 0 Å². The molecule has 0 aliphatic rings. The summed E-state index contributed by atoms with van der Waals surface area (Å²) in [6.45, 7) is 4.53. The highest BCUT2D eigenvalue weighted by atomic mass is 79.9. The Labute approximate surface area is 103 Å². The van der Waals surface area contributed by atoms with Crippen LogP contribution < -0.4 is 5.73 Å². The van der Waals surface area contributed by atoms with Gasteiger partial charge in [0, 0.05) is 11.9 Å². The van der Waals surface area contributed by atoms with E-state index in [0.717, 1.165) is 21.4 Å². The number of pyridine rings is 1. The molecule has 0 atom stereocenters. The van der Waals surface area contributed by atoms with Crippen LogP contribution in [0.5, 0.6) is 0 Å². The first-order valence-corrected chi connectivity index (χ1v) is 5.77. The van der Waals surface area contributed by atoms with Gasteiger partial charge in [-0.25, -0.2) is 4.68 Å². The average molecular weight is 281 g/mol. The molecule has 0 aliphatic carbocycles. The molecule has 0 saturated heterocycles. The fourth-order valence-corrected chi connectivity index (χ4v) is 1.75. The van der Waals surface area contributed by atoms with E-state index in [-0.39, 0.29) is 0 Å². The summed E-state index contributed by atoms with van der Waals surface area (Å²) in [6, 6.07) is 4.02. The smallest absolute Gasteiger partial charge is 0.136 e. The Morgan fingerprint density at radius 1 is 1.38 bits per heavy atom. The van der Waals surface area contributed by atoms with Crippen LogP contribution in [0.1, 0.15) is 17.0 Å². The number of nitrogens with zero attached hydrogens (tertiary/aromatic N) is 3. The second-order valence-corrected chi connectivity index (χ2v) is 4.54. The largest absolute Gasteiger partial charge is 0.383 e. The Bertz CT molecular complexity index is 501. The summed E-state index contributed by atoms with van der Waals surface area (Å²) in [7, 11) is 0. The number of halogens is 1. The van der Waals surface area contributed by atoms with E-state index >= 15 is 0 Å². The molecule has 0 unspecified atom stereocenters. The van der Waals surface area contributed by atoms with Crippen LogP contribution in [0.25, 0.3) is 0 Å². The van der Waals surface area contributed by atoms with Gasteiger partial charge in [-0.15, -0.1) is 0 Å². The van der Waals surface area contributed by atoms with Gasteiger partial charge in [0.15, 0.2) is 0 Å². The van der Waals surface area contributed by atoms with Crippen molar-refractivity contribution < 1.29 is 0 Å². The second-order valence-electron chi connectivity index (χ2n) is 3.75. The molecule has 0 spiro atoms. The van der Waals surface area contributed by atoms with Gasteiger partial charge in [0.25, 0.3) is 0 Å². The summed E-state index contributed by atoms with van der Waals surface area (Å²) in [4.78, 5) is 4.24. The van der Waals surface area contributed by atoms with E-state index < -0.39 is 0 Å². The van der Waals surface area contributed by atoms with Gasteiger partial charge in [-0.1, -0.05) is 6.07 Å². The highest BCUT2D eigenvalue weighted by Gasteiger charge is 2.09. The minimum Gasteiger partial charge on any atom is -0.383 e. The average Bonchev–Trinajstić information content (AvgIpc) is 2.50. The van der Waals surface area contributed by atoms with Crippen LogP contribution in [0, 0.1) is 13.8 Å². The number of nitrogen functional groups attached to an aromatic ring is 1. The van der Waals surface area contributed by atoms with Crippen molar-refractivity contribution in [1.29, 1.82) is 0 Å². The molecule has 0 radical (unpaired) electrons. The van der Waals surface area contributed by atoms with Gasteiger partial charge in [0.1, 0.15) is 5.82 Å². The van der Waals surface area contributed by atoms with Crippen molar-refractivity contribution in [1.82, 2.24) is 14.8 Å². The molecule has 0 fully saturated rings. The second kappa shape index (κ2) is 4.25. The molecular weight excluding hydrogens is 268 g/mol. The zero-order chi connectivity index (χ0) is 11.7. The minimum atomic E-state index is 0.644. The molecule has 0 amide bonds. The predicted molar refractivity (Wildman–Crippen MR) is 67.2 cm³/mol. The molecule has 0 aliphatic heterocycles. The van der Waals surface area contributed by atoms with Crippen molar-refractivity contribution in [2.45, 2.75) is 20.4 Å². The van der Waals surface area contributed by atoms with Crippen molar-refractivity contribution >= 4 is 21.7 Å². The highest BCUT2D eigenvalue weighted by molar-refractivity contribution is 9.10. The Kier molecular flexibility index (Phi) is 2.96. The van der Waals surface area contributed by atoms with E-state index in [0.29, 0.717) is 12.4 Å². The first kappa shape index (κ1) is 11.1. The van der Waals surface area contributed by atoms with Gasteiger partial charge in [-0.05, 0) is 41.4 Å². The summed E-state index contributed by atoms with van der Waals surface area (Å²) >= 11 is 3.40. The molecule has 2 aromatic heterocycles. The molecule has 0 saturated carbocycles. The van der Waals surface area contributed by atoms with E-state index in [4.69, 9.17) is 5.73 Å². The molecule has 84 valence electrons. The lowest BCUT2D eigenvalue weighted by molar-refractivity contribution is 0.687. The van der Waals surface area contributed by atoms with Gasteiger partial charge >= 0.3 is 0 Å². The van der Waals surface area contributed by atoms with Crippen molar-refractivity contribution in [2.24, 2.45) is 0 Å². The Balaban J connectivity index is 2.27. The van der Waals surface area contributed by atoms with Crippen LogP contribution in [0.2, 0.25) is 0 Å². The Hall–Kier alpha value is -1.36. The number of hydrogen-bond donors (Lipinski definition) is 1.